The Bertz CT molecular complexity index is 563. The smallest absolute Gasteiger partial charge is 0.123 e. The van der Waals surface area contributed by atoms with E-state index in [1.807, 2.05) is 19.9 Å². The van der Waals surface area contributed by atoms with Gasteiger partial charge in [0.05, 0.1) is 0 Å². The highest BCUT2D eigenvalue weighted by molar-refractivity contribution is 5.89. The van der Waals surface area contributed by atoms with E-state index in [1.54, 1.807) is 18.2 Å². The summed E-state index contributed by atoms with van der Waals surface area (Å²) in [6.45, 7) is 15.2. The topological polar surface area (TPSA) is 40.5 Å². The number of fused-ring (bicyclic) bond motifs is 1. The van der Waals surface area contributed by atoms with Crippen LogP contribution in [0.25, 0.3) is 5.57 Å². The van der Waals surface area contributed by atoms with Crippen LogP contribution in [0.15, 0.2) is 60.9 Å². The van der Waals surface area contributed by atoms with Gasteiger partial charge in [-0.3, -0.25) is 0 Å². The molecule has 2 N–H and O–H groups in total. The molecule has 1 aliphatic carbocycles. The highest BCUT2D eigenvalue weighted by Gasteiger charge is 2.23. The average Bonchev–Trinajstić information content (AvgIpc) is 2.40. The van der Waals surface area contributed by atoms with Crippen LogP contribution in [0.2, 0.25) is 0 Å². The number of aromatic hydroxyl groups is 1. The van der Waals surface area contributed by atoms with E-state index in [-0.39, 0.29) is 11.5 Å². The number of aliphatic hydroxyl groups is 1. The Balaban J connectivity index is 0.000000861. The summed E-state index contributed by atoms with van der Waals surface area (Å²) in [6, 6.07) is 5.34. The summed E-state index contributed by atoms with van der Waals surface area (Å²) in [6.07, 6.45) is 2.30. The second kappa shape index (κ2) is 6.10. The third-order valence-corrected chi connectivity index (χ3v) is 2.97. The lowest BCUT2D eigenvalue weighted by Gasteiger charge is -2.23. The molecular formula is C17H20O2. The first-order valence-corrected chi connectivity index (χ1v) is 6.30. The summed E-state index contributed by atoms with van der Waals surface area (Å²) in [5, 5.41) is 19.5. The van der Waals surface area contributed by atoms with Crippen molar-refractivity contribution in [2.75, 3.05) is 0 Å². The Hall–Kier alpha value is -2.22. The van der Waals surface area contributed by atoms with Crippen LogP contribution in [0.5, 0.6) is 5.75 Å². The van der Waals surface area contributed by atoms with Gasteiger partial charge in [-0.15, -0.1) is 0 Å². The maximum Gasteiger partial charge on any atom is 0.123 e. The molecule has 2 nitrogen and oxygen atoms in total. The quantitative estimate of drug-likeness (QED) is 0.762. The van der Waals surface area contributed by atoms with Crippen LogP contribution < -0.4 is 0 Å². The average molecular weight is 256 g/mol. The second-order valence-corrected chi connectivity index (χ2v) is 4.02. The van der Waals surface area contributed by atoms with E-state index in [9.17, 15) is 10.2 Å². The van der Waals surface area contributed by atoms with Crippen molar-refractivity contribution < 1.29 is 10.2 Å². The zero-order chi connectivity index (χ0) is 14.6. The Kier molecular flexibility index (Phi) is 4.76. The first-order chi connectivity index (χ1) is 9.06. The zero-order valence-electron chi connectivity index (χ0n) is 11.5. The van der Waals surface area contributed by atoms with Crippen LogP contribution in [0, 0.1) is 0 Å². The van der Waals surface area contributed by atoms with Crippen LogP contribution in [0.4, 0.5) is 0 Å². The molecule has 0 amide bonds. The van der Waals surface area contributed by atoms with Crippen molar-refractivity contribution in [1.82, 2.24) is 0 Å². The van der Waals surface area contributed by atoms with Gasteiger partial charge in [-0.05, 0) is 29.2 Å². The molecule has 1 aromatic carbocycles. The fourth-order valence-corrected chi connectivity index (χ4v) is 2.23. The second-order valence-electron chi connectivity index (χ2n) is 4.02. The van der Waals surface area contributed by atoms with Gasteiger partial charge in [0.25, 0.3) is 0 Å². The molecule has 0 unspecified atom stereocenters. The van der Waals surface area contributed by atoms with Crippen LogP contribution in [-0.4, -0.2) is 10.2 Å². The van der Waals surface area contributed by atoms with Crippen molar-refractivity contribution >= 4 is 5.57 Å². The number of benzene rings is 1. The van der Waals surface area contributed by atoms with Crippen molar-refractivity contribution in [3.8, 4) is 5.75 Å². The summed E-state index contributed by atoms with van der Waals surface area (Å²) in [4.78, 5) is 0. The molecule has 100 valence electrons. The van der Waals surface area contributed by atoms with E-state index in [0.29, 0.717) is 23.1 Å². The molecule has 0 fully saturated rings. The minimum Gasteiger partial charge on any atom is -0.508 e. The highest BCUT2D eigenvalue weighted by Crippen LogP contribution is 2.41. The van der Waals surface area contributed by atoms with Crippen LogP contribution in [0.1, 0.15) is 25.0 Å². The normalized spacial score (nSPS) is 13.3. The molecule has 0 bridgehead atoms. The molecular weight excluding hydrogens is 236 g/mol. The molecule has 19 heavy (non-hydrogen) atoms. The minimum atomic E-state index is -0.0428. The van der Waals surface area contributed by atoms with E-state index < -0.39 is 0 Å². The molecule has 2 heteroatoms. The molecule has 0 radical (unpaired) electrons. The van der Waals surface area contributed by atoms with E-state index >= 15 is 0 Å². The highest BCUT2D eigenvalue weighted by atomic mass is 16.3. The number of rotatable bonds is 2. The number of aliphatic hydroxyl groups excluding tert-OH is 1. The molecule has 0 spiro atoms. The summed E-state index contributed by atoms with van der Waals surface area (Å²) in [5.74, 6) is 0.133. The summed E-state index contributed by atoms with van der Waals surface area (Å²) in [5.41, 5.74) is 3.71. The number of allylic oxidation sites excluding steroid dienone is 3. The van der Waals surface area contributed by atoms with Crippen molar-refractivity contribution in [2.45, 2.75) is 20.3 Å². The Morgan fingerprint density at radius 1 is 1.32 bits per heavy atom. The largest absolute Gasteiger partial charge is 0.508 e. The molecule has 1 aliphatic rings. The maximum absolute atomic E-state index is 9.86. The molecule has 0 heterocycles. The van der Waals surface area contributed by atoms with Crippen molar-refractivity contribution in [3.63, 3.8) is 0 Å². The van der Waals surface area contributed by atoms with E-state index in [2.05, 4.69) is 19.7 Å². The first-order valence-electron chi connectivity index (χ1n) is 6.30. The minimum absolute atomic E-state index is 0.0428. The van der Waals surface area contributed by atoms with Gasteiger partial charge in [0.15, 0.2) is 0 Å². The lowest BCUT2D eigenvalue weighted by Crippen LogP contribution is -2.08. The van der Waals surface area contributed by atoms with Gasteiger partial charge in [0.2, 0.25) is 0 Å². The summed E-state index contributed by atoms with van der Waals surface area (Å²) in [7, 11) is 0. The Morgan fingerprint density at radius 2 is 1.95 bits per heavy atom. The lowest BCUT2D eigenvalue weighted by molar-refractivity contribution is 0.428. The number of phenols is 1. The van der Waals surface area contributed by atoms with Gasteiger partial charge in [0, 0.05) is 11.1 Å². The molecule has 0 saturated carbocycles. The first kappa shape index (κ1) is 14.8. The SMILES string of the molecule is C=CC1=C(C(=C)O)C(=C)c2c(O)cccc2C1.CC. The molecule has 0 aliphatic heterocycles. The number of hydrogen-bond acceptors (Lipinski definition) is 2. The van der Waals surface area contributed by atoms with Gasteiger partial charge in [-0.25, -0.2) is 0 Å². The Labute approximate surface area is 114 Å². The van der Waals surface area contributed by atoms with Crippen LogP contribution in [-0.2, 0) is 6.42 Å². The van der Waals surface area contributed by atoms with Crippen molar-refractivity contribution in [3.05, 3.63) is 72.0 Å². The van der Waals surface area contributed by atoms with Crippen LogP contribution >= 0.6 is 0 Å². The van der Waals surface area contributed by atoms with Gasteiger partial charge in [-0.1, -0.05) is 51.8 Å². The zero-order valence-corrected chi connectivity index (χ0v) is 11.5. The Morgan fingerprint density at radius 3 is 2.47 bits per heavy atom. The van der Waals surface area contributed by atoms with Crippen molar-refractivity contribution in [2.24, 2.45) is 0 Å². The van der Waals surface area contributed by atoms with E-state index in [1.165, 1.54) is 0 Å². The summed E-state index contributed by atoms with van der Waals surface area (Å²) >= 11 is 0. The van der Waals surface area contributed by atoms with Gasteiger partial charge >= 0.3 is 0 Å². The van der Waals surface area contributed by atoms with Crippen molar-refractivity contribution in [1.29, 1.82) is 0 Å². The van der Waals surface area contributed by atoms with E-state index in [0.717, 1.165) is 11.1 Å². The predicted octanol–water partition coefficient (Wildman–Crippen LogP) is 4.54. The molecule has 0 saturated heterocycles. The van der Waals surface area contributed by atoms with E-state index in [4.69, 9.17) is 0 Å². The third kappa shape index (κ3) is 2.63. The standard InChI is InChI=1S/C15H14O2.C2H6/c1-4-11-8-12-6-5-7-13(17)15(12)9(2)14(11)10(3)16;1-2/h4-7,16-17H,1-3,8H2;1-2H3. The summed E-state index contributed by atoms with van der Waals surface area (Å²) < 4.78 is 0. The van der Waals surface area contributed by atoms with Gasteiger partial charge in [0.1, 0.15) is 11.5 Å². The fraction of sp³-hybridized carbons (Fsp3) is 0.176. The van der Waals surface area contributed by atoms with Gasteiger partial charge < -0.3 is 10.2 Å². The number of phenolic OH excluding ortho intramolecular Hbond substituents is 1. The fourth-order valence-electron chi connectivity index (χ4n) is 2.23. The third-order valence-electron chi connectivity index (χ3n) is 2.97. The molecule has 1 aromatic rings. The van der Waals surface area contributed by atoms with Gasteiger partial charge in [-0.2, -0.15) is 0 Å². The monoisotopic (exact) mass is 256 g/mol. The predicted molar refractivity (Wildman–Crippen MR) is 81.2 cm³/mol. The van der Waals surface area contributed by atoms with Crippen LogP contribution in [0.3, 0.4) is 0 Å². The maximum atomic E-state index is 9.86. The molecule has 0 atom stereocenters. The molecule has 2 rings (SSSR count). The number of hydrogen-bond donors (Lipinski definition) is 2. The molecule has 0 aromatic heterocycles. The lowest BCUT2D eigenvalue weighted by atomic mass is 9.81.